The average molecular weight is 485 g/mol. The molecule has 1 amide bonds. The second-order valence-corrected chi connectivity index (χ2v) is 10.2. The number of hydrogen-bond donors (Lipinski definition) is 0. The van der Waals surface area contributed by atoms with Gasteiger partial charge in [0.1, 0.15) is 5.37 Å². The maximum absolute atomic E-state index is 12.5. The van der Waals surface area contributed by atoms with E-state index < -0.39 is 0 Å². The maximum atomic E-state index is 12.5. The molecule has 7 heteroatoms. The van der Waals surface area contributed by atoms with Crippen molar-refractivity contribution in [1.82, 2.24) is 4.90 Å². The zero-order valence-electron chi connectivity index (χ0n) is 20.7. The van der Waals surface area contributed by atoms with Crippen molar-refractivity contribution in [2.75, 3.05) is 39.3 Å². The van der Waals surface area contributed by atoms with Crippen molar-refractivity contribution in [2.24, 2.45) is 0 Å². The molecular weight excluding hydrogens is 448 g/mol. The first-order valence-electron chi connectivity index (χ1n) is 12.2. The predicted octanol–water partition coefficient (Wildman–Crippen LogP) is 5.89. The number of carbonyl (C=O) groups is 1. The Morgan fingerprint density at radius 2 is 1.76 bits per heavy atom. The van der Waals surface area contributed by atoms with E-state index in [2.05, 4.69) is 11.9 Å². The fourth-order valence-corrected chi connectivity index (χ4v) is 6.31. The number of anilines is 1. The first kappa shape index (κ1) is 24.7. The van der Waals surface area contributed by atoms with E-state index in [0.29, 0.717) is 29.9 Å². The van der Waals surface area contributed by atoms with Gasteiger partial charge in [0.2, 0.25) is 11.7 Å². The first-order valence-corrected chi connectivity index (χ1v) is 13.1. The highest BCUT2D eigenvalue weighted by molar-refractivity contribution is 8.00. The van der Waals surface area contributed by atoms with E-state index in [4.69, 9.17) is 14.2 Å². The van der Waals surface area contributed by atoms with E-state index in [1.54, 1.807) is 32.9 Å². The number of thioether (sulfide) groups is 1. The minimum atomic E-state index is -0.184. The molecule has 2 aliphatic rings. The number of methoxy groups -OCH3 is 2. The fraction of sp³-hybridized carbons (Fsp3) is 0.519. The summed E-state index contributed by atoms with van der Waals surface area (Å²) in [5.74, 6) is 1.86. The number of ether oxygens (including phenoxy) is 3. The Labute approximate surface area is 207 Å². The van der Waals surface area contributed by atoms with Gasteiger partial charge in [-0.15, -0.1) is 0 Å². The van der Waals surface area contributed by atoms with Crippen molar-refractivity contribution in [1.29, 1.82) is 0 Å². The summed E-state index contributed by atoms with van der Waals surface area (Å²) in [4.78, 5) is 17.9. The molecule has 0 radical (unpaired) electrons. The molecule has 0 saturated heterocycles. The van der Waals surface area contributed by atoms with Crippen molar-refractivity contribution in [2.45, 2.75) is 61.8 Å². The van der Waals surface area contributed by atoms with Crippen LogP contribution in [0.25, 0.3) is 0 Å². The van der Waals surface area contributed by atoms with Gasteiger partial charge in [-0.3, -0.25) is 9.69 Å². The highest BCUT2D eigenvalue weighted by Gasteiger charge is 2.35. The quantitative estimate of drug-likeness (QED) is 0.414. The lowest BCUT2D eigenvalue weighted by atomic mass is 9.94. The van der Waals surface area contributed by atoms with Gasteiger partial charge in [-0.05, 0) is 56.1 Å². The number of rotatable bonds is 9. The molecule has 6 nitrogen and oxygen atoms in total. The smallest absolute Gasteiger partial charge is 0.225 e. The van der Waals surface area contributed by atoms with E-state index in [1.807, 2.05) is 41.3 Å². The average Bonchev–Trinajstić information content (AvgIpc) is 3.26. The normalized spacial score (nSPS) is 18.1. The minimum absolute atomic E-state index is 0.00259. The lowest BCUT2D eigenvalue weighted by Crippen LogP contribution is -2.34. The summed E-state index contributed by atoms with van der Waals surface area (Å²) in [5.41, 5.74) is 1.87. The highest BCUT2D eigenvalue weighted by atomic mass is 32.2. The van der Waals surface area contributed by atoms with Gasteiger partial charge in [0.25, 0.3) is 0 Å². The van der Waals surface area contributed by atoms with Crippen LogP contribution < -0.4 is 19.1 Å². The summed E-state index contributed by atoms with van der Waals surface area (Å²) in [6.07, 6.45) is 7.61. The first-order chi connectivity index (χ1) is 16.5. The molecule has 1 aliphatic heterocycles. The van der Waals surface area contributed by atoms with Gasteiger partial charge >= 0.3 is 0 Å². The van der Waals surface area contributed by atoms with Crippen LogP contribution in [-0.4, -0.2) is 51.3 Å². The fourth-order valence-electron chi connectivity index (χ4n) is 4.98. The molecule has 0 N–H and O–H groups in total. The Bertz CT molecular complexity index is 967. The van der Waals surface area contributed by atoms with E-state index in [9.17, 15) is 4.79 Å². The van der Waals surface area contributed by atoms with Gasteiger partial charge < -0.3 is 19.1 Å². The third kappa shape index (κ3) is 5.31. The number of fused-ring (bicyclic) bond motifs is 1. The molecule has 184 valence electrons. The van der Waals surface area contributed by atoms with Crippen LogP contribution in [-0.2, 0) is 4.79 Å². The Morgan fingerprint density at radius 3 is 2.41 bits per heavy atom. The van der Waals surface area contributed by atoms with Crippen LogP contribution in [0.4, 0.5) is 5.69 Å². The van der Waals surface area contributed by atoms with Gasteiger partial charge in [-0.1, -0.05) is 43.2 Å². The molecule has 1 heterocycles. The van der Waals surface area contributed by atoms with Gasteiger partial charge in [-0.25, -0.2) is 0 Å². The van der Waals surface area contributed by atoms with E-state index in [-0.39, 0.29) is 11.3 Å². The predicted molar refractivity (Wildman–Crippen MR) is 137 cm³/mol. The number of benzene rings is 2. The summed E-state index contributed by atoms with van der Waals surface area (Å²) in [6, 6.07) is 12.6. The molecule has 2 aromatic rings. The summed E-state index contributed by atoms with van der Waals surface area (Å²) in [6.45, 7) is 3.20. The van der Waals surface area contributed by atoms with Crippen LogP contribution >= 0.6 is 11.8 Å². The van der Waals surface area contributed by atoms with Gasteiger partial charge in [-0.2, -0.15) is 0 Å². The summed E-state index contributed by atoms with van der Waals surface area (Å²) >= 11 is 1.66. The lowest BCUT2D eigenvalue weighted by Gasteiger charge is -2.31. The number of para-hydroxylation sites is 1. The van der Waals surface area contributed by atoms with E-state index in [0.717, 1.165) is 29.1 Å². The van der Waals surface area contributed by atoms with Gasteiger partial charge in [0.05, 0.1) is 26.5 Å². The molecule has 1 aliphatic carbocycles. The monoisotopic (exact) mass is 484 g/mol. The summed E-state index contributed by atoms with van der Waals surface area (Å²) < 4.78 is 17.6. The molecule has 34 heavy (non-hydrogen) atoms. The van der Waals surface area contributed by atoms with Crippen LogP contribution in [0.3, 0.4) is 0 Å². The lowest BCUT2D eigenvalue weighted by molar-refractivity contribution is -0.116. The largest absolute Gasteiger partial charge is 0.493 e. The van der Waals surface area contributed by atoms with Crippen molar-refractivity contribution in [3.63, 3.8) is 0 Å². The summed E-state index contributed by atoms with van der Waals surface area (Å²) in [5, 5.41) is -0.184. The third-order valence-electron chi connectivity index (χ3n) is 6.80. The highest BCUT2D eigenvalue weighted by Crippen LogP contribution is 2.53. The second kappa shape index (κ2) is 11.4. The maximum Gasteiger partial charge on any atom is 0.225 e. The van der Waals surface area contributed by atoms with Crippen LogP contribution in [0.5, 0.6) is 17.2 Å². The Hall–Kier alpha value is -2.38. The van der Waals surface area contributed by atoms with Crippen molar-refractivity contribution in [3.05, 3.63) is 42.0 Å². The standard InChI is InChI=1S/C27H36N2O4S/c1-19(30)29-22-13-8-9-14-25(22)34-27(29)20-17-23(31-3)26(24(18-20)32-4)33-16-10-15-28(2)21-11-6-5-7-12-21/h8-9,13-14,17-18,21,27H,5-7,10-12,15-16H2,1-4H3. The van der Waals surface area contributed by atoms with Crippen molar-refractivity contribution in [3.8, 4) is 17.2 Å². The van der Waals surface area contributed by atoms with E-state index in [1.165, 1.54) is 32.1 Å². The van der Waals surface area contributed by atoms with Crippen LogP contribution in [0.15, 0.2) is 41.3 Å². The summed E-state index contributed by atoms with van der Waals surface area (Å²) in [7, 11) is 5.51. The number of nitrogens with zero attached hydrogens (tertiary/aromatic N) is 2. The second-order valence-electron chi connectivity index (χ2n) is 9.06. The Balaban J connectivity index is 1.47. The third-order valence-corrected chi connectivity index (χ3v) is 8.11. The zero-order valence-corrected chi connectivity index (χ0v) is 21.5. The molecule has 0 aromatic heterocycles. The van der Waals surface area contributed by atoms with Crippen molar-refractivity contribution >= 4 is 23.4 Å². The van der Waals surface area contributed by atoms with E-state index >= 15 is 0 Å². The SMILES string of the molecule is COc1cc(C2Sc3ccccc3N2C(C)=O)cc(OC)c1OCCCN(C)C1CCCCC1. The topological polar surface area (TPSA) is 51.2 Å². The molecule has 4 rings (SSSR count). The molecule has 0 spiro atoms. The van der Waals surface area contributed by atoms with Gasteiger partial charge in [0.15, 0.2) is 11.5 Å². The van der Waals surface area contributed by atoms with Crippen LogP contribution in [0.2, 0.25) is 0 Å². The molecule has 1 saturated carbocycles. The van der Waals surface area contributed by atoms with Crippen LogP contribution in [0, 0.1) is 0 Å². The molecule has 1 fully saturated rings. The molecule has 1 atom stereocenters. The number of carbonyl (C=O) groups excluding carboxylic acids is 1. The zero-order chi connectivity index (χ0) is 24.1. The molecular formula is C27H36N2O4S. The molecule has 0 bridgehead atoms. The van der Waals surface area contributed by atoms with Crippen molar-refractivity contribution < 1.29 is 19.0 Å². The van der Waals surface area contributed by atoms with Crippen LogP contribution in [0.1, 0.15) is 56.4 Å². The Morgan fingerprint density at radius 1 is 1.09 bits per heavy atom. The van der Waals surface area contributed by atoms with Gasteiger partial charge in [0, 0.05) is 24.4 Å². The minimum Gasteiger partial charge on any atom is -0.493 e. The molecule has 1 unspecified atom stereocenters. The number of amides is 1. The number of hydrogen-bond acceptors (Lipinski definition) is 6. The Kier molecular flexibility index (Phi) is 8.27. The molecule has 2 aromatic carbocycles.